The number of benzene rings is 2. The maximum Gasteiger partial charge on any atom is 0.325 e. The van der Waals surface area contributed by atoms with Gasteiger partial charge in [-0.25, -0.2) is 4.79 Å². The Kier molecular flexibility index (Phi) is 7.09. The van der Waals surface area contributed by atoms with E-state index in [-0.39, 0.29) is 6.54 Å². The maximum absolute atomic E-state index is 13.1. The van der Waals surface area contributed by atoms with Crippen LogP contribution < -0.4 is 15.5 Å². The second kappa shape index (κ2) is 10.0. The zero-order chi connectivity index (χ0) is 24.3. The highest BCUT2D eigenvalue weighted by molar-refractivity contribution is 6.31. The molecule has 4 amide bonds. The molecule has 2 heterocycles. The average Bonchev–Trinajstić information content (AvgIpc) is 3.02. The van der Waals surface area contributed by atoms with Crippen molar-refractivity contribution in [2.45, 2.75) is 25.3 Å². The van der Waals surface area contributed by atoms with Crippen molar-refractivity contribution in [3.63, 3.8) is 0 Å². The van der Waals surface area contributed by atoms with Crippen LogP contribution in [0.3, 0.4) is 0 Å². The standard InChI is InChI=1S/C25H30ClN5O3/c1-25(11-10-18-6-4-3-5-7-18)23(33)31(24(34)28-25)17-22(32)27-20-16-19(26)8-9-21(20)30-14-12-29(2)13-15-30/h3-9,16H,10-15,17H2,1-2H3,(H,27,32)(H,28,34)/t25-/m1/s1. The van der Waals surface area contributed by atoms with Crippen molar-refractivity contribution in [3.05, 3.63) is 59.1 Å². The molecule has 4 rings (SSSR count). The van der Waals surface area contributed by atoms with Gasteiger partial charge in [-0.3, -0.25) is 14.5 Å². The van der Waals surface area contributed by atoms with Gasteiger partial charge in [0.25, 0.3) is 5.91 Å². The number of likely N-dealkylation sites (N-methyl/N-ethyl adjacent to an activating group) is 1. The Hall–Kier alpha value is -3.10. The number of aryl methyl sites for hydroxylation is 1. The largest absolute Gasteiger partial charge is 0.367 e. The molecule has 0 aliphatic carbocycles. The van der Waals surface area contributed by atoms with Gasteiger partial charge in [-0.05, 0) is 50.6 Å². The van der Waals surface area contributed by atoms with E-state index < -0.39 is 23.4 Å². The molecule has 1 atom stereocenters. The Balaban J connectivity index is 1.41. The van der Waals surface area contributed by atoms with Crippen LogP contribution >= 0.6 is 11.6 Å². The number of rotatable bonds is 7. The molecule has 2 fully saturated rings. The van der Waals surface area contributed by atoms with E-state index in [4.69, 9.17) is 11.6 Å². The molecule has 0 bridgehead atoms. The minimum absolute atomic E-state index is 0.361. The van der Waals surface area contributed by atoms with Crippen LogP contribution in [0.25, 0.3) is 0 Å². The van der Waals surface area contributed by atoms with E-state index in [9.17, 15) is 14.4 Å². The molecule has 0 radical (unpaired) electrons. The van der Waals surface area contributed by atoms with Gasteiger partial charge in [-0.1, -0.05) is 41.9 Å². The van der Waals surface area contributed by atoms with Crippen LogP contribution in [0.2, 0.25) is 5.02 Å². The zero-order valence-electron chi connectivity index (χ0n) is 19.5. The molecule has 34 heavy (non-hydrogen) atoms. The summed E-state index contributed by atoms with van der Waals surface area (Å²) in [5, 5.41) is 6.13. The average molecular weight is 484 g/mol. The molecule has 0 spiro atoms. The lowest BCUT2D eigenvalue weighted by Gasteiger charge is -2.35. The third-order valence-electron chi connectivity index (χ3n) is 6.48. The summed E-state index contributed by atoms with van der Waals surface area (Å²) in [6.45, 7) is 4.83. The van der Waals surface area contributed by atoms with E-state index in [0.29, 0.717) is 23.6 Å². The van der Waals surface area contributed by atoms with E-state index >= 15 is 0 Å². The number of imide groups is 1. The van der Waals surface area contributed by atoms with Crippen molar-refractivity contribution in [1.82, 2.24) is 15.1 Å². The van der Waals surface area contributed by atoms with Crippen molar-refractivity contribution in [2.75, 3.05) is 50.0 Å². The van der Waals surface area contributed by atoms with Gasteiger partial charge in [0.1, 0.15) is 12.1 Å². The minimum Gasteiger partial charge on any atom is -0.367 e. The number of piperazine rings is 1. The highest BCUT2D eigenvalue weighted by Gasteiger charge is 2.47. The number of halogens is 1. The molecule has 0 unspecified atom stereocenters. The molecule has 2 aliphatic rings. The Bertz CT molecular complexity index is 1070. The fourth-order valence-electron chi connectivity index (χ4n) is 4.36. The molecular weight excluding hydrogens is 454 g/mol. The number of carbonyl (C=O) groups is 3. The third-order valence-corrected chi connectivity index (χ3v) is 6.72. The smallest absolute Gasteiger partial charge is 0.325 e. The molecule has 8 nitrogen and oxygen atoms in total. The van der Waals surface area contributed by atoms with Gasteiger partial charge in [0.05, 0.1) is 11.4 Å². The Morgan fingerprint density at radius 1 is 1.09 bits per heavy atom. The van der Waals surface area contributed by atoms with E-state index in [1.165, 1.54) is 0 Å². The molecule has 0 saturated carbocycles. The van der Waals surface area contributed by atoms with Crippen molar-refractivity contribution in [3.8, 4) is 0 Å². The quantitative estimate of drug-likeness (QED) is 0.591. The molecule has 2 N–H and O–H groups in total. The summed E-state index contributed by atoms with van der Waals surface area (Å²) in [6, 6.07) is 14.6. The molecular formula is C25H30ClN5O3. The molecule has 2 aromatic carbocycles. The van der Waals surface area contributed by atoms with Gasteiger partial charge in [0.15, 0.2) is 0 Å². The molecule has 0 aromatic heterocycles. The van der Waals surface area contributed by atoms with Crippen molar-refractivity contribution in [1.29, 1.82) is 0 Å². The summed E-state index contributed by atoms with van der Waals surface area (Å²) in [6.07, 6.45) is 1.09. The van der Waals surface area contributed by atoms with Crippen molar-refractivity contribution >= 4 is 40.8 Å². The van der Waals surface area contributed by atoms with Crippen LogP contribution in [0.5, 0.6) is 0 Å². The monoisotopic (exact) mass is 483 g/mol. The summed E-state index contributed by atoms with van der Waals surface area (Å²) >= 11 is 6.19. The highest BCUT2D eigenvalue weighted by Crippen LogP contribution is 2.30. The van der Waals surface area contributed by atoms with Crippen LogP contribution in [-0.4, -0.2) is 73.0 Å². The Labute approximate surface area is 204 Å². The van der Waals surface area contributed by atoms with E-state index in [1.807, 2.05) is 36.4 Å². The first-order chi connectivity index (χ1) is 16.2. The Morgan fingerprint density at radius 2 is 1.79 bits per heavy atom. The lowest BCUT2D eigenvalue weighted by atomic mass is 9.93. The minimum atomic E-state index is -1.05. The SMILES string of the molecule is CN1CCN(c2ccc(Cl)cc2NC(=O)CN2C(=O)N[C@](C)(CCc3ccccc3)C2=O)CC1. The molecule has 180 valence electrons. The number of hydrogen-bond acceptors (Lipinski definition) is 5. The number of nitrogens with zero attached hydrogens (tertiary/aromatic N) is 3. The van der Waals surface area contributed by atoms with Crippen LogP contribution in [-0.2, 0) is 16.0 Å². The molecule has 2 saturated heterocycles. The fourth-order valence-corrected chi connectivity index (χ4v) is 4.54. The topological polar surface area (TPSA) is 85.0 Å². The summed E-state index contributed by atoms with van der Waals surface area (Å²) < 4.78 is 0. The number of amides is 4. The molecule has 2 aromatic rings. The number of anilines is 2. The van der Waals surface area contributed by atoms with Gasteiger partial charge in [-0.15, -0.1) is 0 Å². The zero-order valence-corrected chi connectivity index (χ0v) is 20.3. The van der Waals surface area contributed by atoms with Crippen LogP contribution in [0.1, 0.15) is 18.9 Å². The number of hydrogen-bond donors (Lipinski definition) is 2. The van der Waals surface area contributed by atoms with Gasteiger partial charge >= 0.3 is 6.03 Å². The molecule has 2 aliphatic heterocycles. The predicted molar refractivity (Wildman–Crippen MR) is 133 cm³/mol. The predicted octanol–water partition coefficient (Wildman–Crippen LogP) is 2.97. The first-order valence-electron chi connectivity index (χ1n) is 11.5. The summed E-state index contributed by atoms with van der Waals surface area (Å²) in [5.74, 6) is -0.845. The van der Waals surface area contributed by atoms with Crippen molar-refractivity contribution in [2.24, 2.45) is 0 Å². The highest BCUT2D eigenvalue weighted by atomic mass is 35.5. The maximum atomic E-state index is 13.1. The number of carbonyl (C=O) groups excluding carboxylic acids is 3. The third kappa shape index (κ3) is 5.34. The number of nitrogens with one attached hydrogen (secondary N) is 2. The molecule has 9 heteroatoms. The number of urea groups is 1. The second-order valence-corrected chi connectivity index (χ2v) is 9.58. The normalized spacial score (nSPS) is 21.0. The van der Waals surface area contributed by atoms with E-state index in [0.717, 1.165) is 42.3 Å². The first kappa shape index (κ1) is 24.0. The van der Waals surface area contributed by atoms with Crippen LogP contribution in [0.15, 0.2) is 48.5 Å². The van der Waals surface area contributed by atoms with Gasteiger partial charge in [0, 0.05) is 31.2 Å². The van der Waals surface area contributed by atoms with Crippen molar-refractivity contribution < 1.29 is 14.4 Å². The van der Waals surface area contributed by atoms with E-state index in [1.54, 1.807) is 19.1 Å². The Morgan fingerprint density at radius 3 is 2.50 bits per heavy atom. The van der Waals surface area contributed by atoms with Crippen LogP contribution in [0.4, 0.5) is 16.2 Å². The lowest BCUT2D eigenvalue weighted by Crippen LogP contribution is -2.45. The second-order valence-electron chi connectivity index (χ2n) is 9.14. The van der Waals surface area contributed by atoms with Gasteiger partial charge < -0.3 is 20.4 Å². The van der Waals surface area contributed by atoms with E-state index in [2.05, 4.69) is 27.5 Å². The van der Waals surface area contributed by atoms with Crippen LogP contribution in [0, 0.1) is 0 Å². The van der Waals surface area contributed by atoms with Gasteiger partial charge in [-0.2, -0.15) is 0 Å². The lowest BCUT2D eigenvalue weighted by molar-refractivity contribution is -0.133. The summed E-state index contributed by atoms with van der Waals surface area (Å²) in [7, 11) is 2.08. The summed E-state index contributed by atoms with van der Waals surface area (Å²) in [5.41, 5.74) is 1.48. The van der Waals surface area contributed by atoms with Gasteiger partial charge in [0.2, 0.25) is 5.91 Å². The first-order valence-corrected chi connectivity index (χ1v) is 11.8. The summed E-state index contributed by atoms with van der Waals surface area (Å²) in [4.78, 5) is 44.0. The fraction of sp³-hybridized carbons (Fsp3) is 0.400.